The summed E-state index contributed by atoms with van der Waals surface area (Å²) in [5.41, 5.74) is 1.97. The van der Waals surface area contributed by atoms with E-state index in [1.54, 1.807) is 10.7 Å². The topological polar surface area (TPSA) is 39.4 Å². The van der Waals surface area contributed by atoms with Crippen molar-refractivity contribution in [3.63, 3.8) is 0 Å². The monoisotopic (exact) mass is 287 g/mol. The fraction of sp³-hybridized carbons (Fsp3) is 0.200. The molecule has 4 nitrogen and oxygen atoms in total. The van der Waals surface area contributed by atoms with Crippen molar-refractivity contribution < 1.29 is 4.74 Å². The fourth-order valence-corrected chi connectivity index (χ4v) is 2.17. The molecule has 102 valence electrons. The minimum atomic E-state index is 0.438. The Bertz CT molecular complexity index is 752. The van der Waals surface area contributed by atoms with Crippen molar-refractivity contribution in [1.82, 2.24) is 14.6 Å². The van der Waals surface area contributed by atoms with E-state index in [0.717, 1.165) is 5.65 Å². The number of rotatable bonds is 3. The molecular formula is C15H14ClN3O. The minimum Gasteiger partial charge on any atom is -0.454 e. The molecule has 3 aromatic rings. The van der Waals surface area contributed by atoms with Crippen molar-refractivity contribution in [3.8, 4) is 11.5 Å². The largest absolute Gasteiger partial charge is 0.454 e. The molecule has 0 unspecified atom stereocenters. The first-order chi connectivity index (χ1) is 9.63. The van der Waals surface area contributed by atoms with E-state index < -0.39 is 0 Å². The lowest BCUT2D eigenvalue weighted by Gasteiger charge is -2.11. The highest BCUT2D eigenvalue weighted by atomic mass is 35.5. The second-order valence-corrected chi connectivity index (χ2v) is 5.28. The molecule has 0 radical (unpaired) electrons. The molecule has 3 rings (SSSR count). The number of nitrogens with zero attached hydrogens (tertiary/aromatic N) is 3. The average molecular weight is 288 g/mol. The Hall–Kier alpha value is -2.07. The Kier molecular flexibility index (Phi) is 3.32. The number of ether oxygens (including phenoxy) is 1. The van der Waals surface area contributed by atoms with Gasteiger partial charge < -0.3 is 4.74 Å². The van der Waals surface area contributed by atoms with Crippen LogP contribution in [0.2, 0.25) is 5.02 Å². The molecule has 0 spiro atoms. The standard InChI is InChI=1S/C15H14ClN3O/c1-10(2)11-3-5-14(13(16)7-11)20-12-4-6-15-17-9-18-19(15)8-12/h3-10H,1-2H3. The van der Waals surface area contributed by atoms with Crippen LogP contribution in [0, 0.1) is 0 Å². The van der Waals surface area contributed by atoms with Gasteiger partial charge in [-0.05, 0) is 35.7 Å². The van der Waals surface area contributed by atoms with E-state index in [4.69, 9.17) is 16.3 Å². The van der Waals surface area contributed by atoms with Crippen LogP contribution in [0.25, 0.3) is 5.65 Å². The number of aromatic nitrogens is 3. The zero-order valence-corrected chi connectivity index (χ0v) is 12.0. The van der Waals surface area contributed by atoms with Gasteiger partial charge in [-0.3, -0.25) is 0 Å². The maximum absolute atomic E-state index is 6.26. The maximum atomic E-state index is 6.26. The van der Waals surface area contributed by atoms with Gasteiger partial charge in [0.05, 0.1) is 11.2 Å². The number of benzene rings is 1. The van der Waals surface area contributed by atoms with Gasteiger partial charge in [-0.2, -0.15) is 5.10 Å². The van der Waals surface area contributed by atoms with Gasteiger partial charge >= 0.3 is 0 Å². The first-order valence-corrected chi connectivity index (χ1v) is 6.78. The normalized spacial score (nSPS) is 11.2. The molecule has 2 heterocycles. The van der Waals surface area contributed by atoms with E-state index >= 15 is 0 Å². The van der Waals surface area contributed by atoms with Gasteiger partial charge in [0, 0.05) is 0 Å². The molecule has 0 saturated carbocycles. The van der Waals surface area contributed by atoms with Crippen molar-refractivity contribution in [2.45, 2.75) is 19.8 Å². The van der Waals surface area contributed by atoms with Crippen LogP contribution in [0.3, 0.4) is 0 Å². The van der Waals surface area contributed by atoms with E-state index in [9.17, 15) is 0 Å². The zero-order valence-electron chi connectivity index (χ0n) is 11.2. The molecule has 0 aliphatic heterocycles. The van der Waals surface area contributed by atoms with Crippen molar-refractivity contribution in [2.75, 3.05) is 0 Å². The molecular weight excluding hydrogens is 274 g/mol. The van der Waals surface area contributed by atoms with Crippen LogP contribution in [0.15, 0.2) is 42.9 Å². The Morgan fingerprint density at radius 1 is 1.20 bits per heavy atom. The third kappa shape index (κ3) is 2.47. The van der Waals surface area contributed by atoms with Crippen LogP contribution in [0.1, 0.15) is 25.3 Å². The lowest BCUT2D eigenvalue weighted by Crippen LogP contribution is -1.92. The third-order valence-corrected chi connectivity index (χ3v) is 3.39. The summed E-state index contributed by atoms with van der Waals surface area (Å²) < 4.78 is 7.46. The van der Waals surface area contributed by atoms with E-state index in [1.807, 2.05) is 30.3 Å². The molecule has 5 heteroatoms. The molecule has 0 atom stereocenters. The Balaban J connectivity index is 1.90. The lowest BCUT2D eigenvalue weighted by atomic mass is 10.0. The van der Waals surface area contributed by atoms with Gasteiger partial charge in [0.25, 0.3) is 0 Å². The van der Waals surface area contributed by atoms with E-state index in [2.05, 4.69) is 23.9 Å². The summed E-state index contributed by atoms with van der Waals surface area (Å²) in [6.45, 7) is 4.26. The van der Waals surface area contributed by atoms with Gasteiger partial charge in [-0.1, -0.05) is 31.5 Å². The SMILES string of the molecule is CC(C)c1ccc(Oc2ccc3ncnn3c2)c(Cl)c1. The van der Waals surface area contributed by atoms with Gasteiger partial charge in [-0.15, -0.1) is 0 Å². The van der Waals surface area contributed by atoms with Crippen LogP contribution in [0.4, 0.5) is 0 Å². The zero-order chi connectivity index (χ0) is 14.1. The van der Waals surface area contributed by atoms with Crippen LogP contribution in [-0.4, -0.2) is 14.6 Å². The molecule has 0 fully saturated rings. The number of hydrogen-bond donors (Lipinski definition) is 0. The predicted molar refractivity (Wildman–Crippen MR) is 78.6 cm³/mol. The molecule has 20 heavy (non-hydrogen) atoms. The van der Waals surface area contributed by atoms with E-state index in [-0.39, 0.29) is 0 Å². The summed E-state index contributed by atoms with van der Waals surface area (Å²) in [6.07, 6.45) is 3.28. The highest BCUT2D eigenvalue weighted by Gasteiger charge is 2.07. The van der Waals surface area contributed by atoms with Gasteiger partial charge in [-0.25, -0.2) is 9.50 Å². The Morgan fingerprint density at radius 2 is 2.05 bits per heavy atom. The molecule has 0 N–H and O–H groups in total. The second-order valence-electron chi connectivity index (χ2n) is 4.87. The summed E-state index contributed by atoms with van der Waals surface area (Å²) in [6, 6.07) is 9.55. The van der Waals surface area contributed by atoms with E-state index in [1.165, 1.54) is 11.9 Å². The van der Waals surface area contributed by atoms with Crippen molar-refractivity contribution in [3.05, 3.63) is 53.4 Å². The molecule has 0 bridgehead atoms. The molecule has 0 aliphatic rings. The fourth-order valence-electron chi connectivity index (χ4n) is 1.94. The molecule has 2 aromatic heterocycles. The quantitative estimate of drug-likeness (QED) is 0.721. The third-order valence-electron chi connectivity index (χ3n) is 3.10. The van der Waals surface area contributed by atoms with Crippen LogP contribution < -0.4 is 4.74 Å². The number of hydrogen-bond acceptors (Lipinski definition) is 3. The number of pyridine rings is 1. The number of fused-ring (bicyclic) bond motifs is 1. The molecule has 0 aliphatic carbocycles. The Morgan fingerprint density at radius 3 is 2.80 bits per heavy atom. The summed E-state index contributed by atoms with van der Waals surface area (Å²) >= 11 is 6.26. The van der Waals surface area contributed by atoms with E-state index in [0.29, 0.717) is 22.4 Å². The summed E-state index contributed by atoms with van der Waals surface area (Å²) in [5.74, 6) is 1.74. The lowest BCUT2D eigenvalue weighted by molar-refractivity contribution is 0.478. The minimum absolute atomic E-state index is 0.438. The first-order valence-electron chi connectivity index (χ1n) is 6.40. The predicted octanol–water partition coefficient (Wildman–Crippen LogP) is 4.30. The molecule has 1 aromatic carbocycles. The Labute approximate surface area is 122 Å². The smallest absolute Gasteiger partial charge is 0.155 e. The highest BCUT2D eigenvalue weighted by Crippen LogP contribution is 2.31. The number of halogens is 1. The van der Waals surface area contributed by atoms with Gasteiger partial charge in [0.1, 0.15) is 17.8 Å². The van der Waals surface area contributed by atoms with Crippen LogP contribution in [0.5, 0.6) is 11.5 Å². The average Bonchev–Trinajstić information content (AvgIpc) is 2.88. The van der Waals surface area contributed by atoms with Gasteiger partial charge in [0.2, 0.25) is 0 Å². The van der Waals surface area contributed by atoms with Gasteiger partial charge in [0.15, 0.2) is 5.65 Å². The summed E-state index contributed by atoms with van der Waals surface area (Å²) in [5, 5.41) is 4.68. The molecule has 0 amide bonds. The first kappa shape index (κ1) is 12.9. The highest BCUT2D eigenvalue weighted by molar-refractivity contribution is 6.32. The second kappa shape index (κ2) is 5.13. The molecule has 0 saturated heterocycles. The maximum Gasteiger partial charge on any atom is 0.155 e. The van der Waals surface area contributed by atoms with Crippen LogP contribution >= 0.6 is 11.6 Å². The van der Waals surface area contributed by atoms with Crippen molar-refractivity contribution in [1.29, 1.82) is 0 Å². The van der Waals surface area contributed by atoms with Crippen molar-refractivity contribution >= 4 is 17.2 Å². The van der Waals surface area contributed by atoms with Crippen molar-refractivity contribution in [2.24, 2.45) is 0 Å². The summed E-state index contributed by atoms with van der Waals surface area (Å²) in [7, 11) is 0. The van der Waals surface area contributed by atoms with Crippen LogP contribution in [-0.2, 0) is 0 Å². The summed E-state index contributed by atoms with van der Waals surface area (Å²) in [4.78, 5) is 4.09.